The molecule has 1 heterocycles. The van der Waals surface area contributed by atoms with Gasteiger partial charge in [0, 0.05) is 32.3 Å². The highest BCUT2D eigenvalue weighted by Gasteiger charge is 2.34. The third-order valence-corrected chi connectivity index (χ3v) is 4.71. The van der Waals surface area contributed by atoms with Crippen molar-refractivity contribution in [2.45, 2.75) is 53.1 Å². The lowest BCUT2D eigenvalue weighted by Crippen LogP contribution is -2.46. The lowest BCUT2D eigenvalue weighted by atomic mass is 9.73. The second-order valence-electron chi connectivity index (χ2n) is 9.11. The van der Waals surface area contributed by atoms with Crippen LogP contribution in [0.5, 0.6) is 0 Å². The van der Waals surface area contributed by atoms with Crippen LogP contribution >= 0.6 is 0 Å². The van der Waals surface area contributed by atoms with Gasteiger partial charge in [0.2, 0.25) is 5.91 Å². The molecule has 1 aliphatic heterocycles. The maximum Gasteiger partial charge on any atom is 0.410 e. The first-order valence-corrected chi connectivity index (χ1v) is 9.48. The van der Waals surface area contributed by atoms with Crippen molar-refractivity contribution in [3.8, 4) is 0 Å². The second kappa shape index (κ2) is 9.40. The molecule has 0 aromatic carbocycles. The van der Waals surface area contributed by atoms with Crippen LogP contribution in [0, 0.1) is 11.3 Å². The number of nitrogens with zero attached hydrogens (tertiary/aromatic N) is 2. The van der Waals surface area contributed by atoms with E-state index in [-0.39, 0.29) is 17.4 Å². The van der Waals surface area contributed by atoms with Crippen molar-refractivity contribution in [1.29, 1.82) is 0 Å². The normalized spacial score (nSPS) is 17.0. The van der Waals surface area contributed by atoms with E-state index in [0.29, 0.717) is 25.6 Å². The summed E-state index contributed by atoms with van der Waals surface area (Å²) in [4.78, 5) is 27.9. The SMILES string of the molecule is CN(C)C/C=C/C(=O)NCC(C)(C)C1CCN(C(=O)OC(C)(C)C)CC1. The molecule has 0 saturated carbocycles. The first-order valence-electron chi connectivity index (χ1n) is 9.48. The van der Waals surface area contributed by atoms with E-state index in [1.165, 1.54) is 0 Å². The molecule has 0 spiro atoms. The number of hydrogen-bond donors (Lipinski definition) is 1. The van der Waals surface area contributed by atoms with Gasteiger partial charge in [-0.2, -0.15) is 0 Å². The molecule has 0 bridgehead atoms. The summed E-state index contributed by atoms with van der Waals surface area (Å²) in [7, 11) is 3.93. The second-order valence-corrected chi connectivity index (χ2v) is 9.11. The highest BCUT2D eigenvalue weighted by Crippen LogP contribution is 2.34. The van der Waals surface area contributed by atoms with Crippen LogP contribution in [-0.2, 0) is 9.53 Å². The molecule has 6 nitrogen and oxygen atoms in total. The van der Waals surface area contributed by atoms with Gasteiger partial charge in [-0.1, -0.05) is 19.9 Å². The molecular formula is C20H37N3O3. The minimum absolute atomic E-state index is 0.00886. The fourth-order valence-corrected chi connectivity index (χ4v) is 3.06. The molecule has 0 atom stereocenters. The molecule has 1 N–H and O–H groups in total. The predicted molar refractivity (Wildman–Crippen MR) is 105 cm³/mol. The number of carbonyl (C=O) groups excluding carboxylic acids is 2. The van der Waals surface area contributed by atoms with Gasteiger partial charge in [0.1, 0.15) is 5.60 Å². The quantitative estimate of drug-likeness (QED) is 0.733. The zero-order valence-electron chi connectivity index (χ0n) is 17.6. The topological polar surface area (TPSA) is 61.9 Å². The van der Waals surface area contributed by atoms with Crippen LogP contribution in [0.4, 0.5) is 4.79 Å². The Hall–Kier alpha value is -1.56. The molecule has 1 saturated heterocycles. The molecular weight excluding hydrogens is 330 g/mol. The zero-order valence-corrected chi connectivity index (χ0v) is 17.6. The number of carbonyl (C=O) groups is 2. The summed E-state index contributed by atoms with van der Waals surface area (Å²) < 4.78 is 5.45. The van der Waals surface area contributed by atoms with E-state index in [1.54, 1.807) is 11.0 Å². The maximum absolute atomic E-state index is 12.2. The Morgan fingerprint density at radius 2 is 1.73 bits per heavy atom. The van der Waals surface area contributed by atoms with Gasteiger partial charge in [0.15, 0.2) is 0 Å². The Labute approximate surface area is 158 Å². The summed E-state index contributed by atoms with van der Waals surface area (Å²) in [6.07, 6.45) is 5.09. The Morgan fingerprint density at radius 1 is 1.15 bits per heavy atom. The van der Waals surface area contributed by atoms with Gasteiger partial charge in [-0.15, -0.1) is 0 Å². The van der Waals surface area contributed by atoms with E-state index in [4.69, 9.17) is 4.74 Å². The molecule has 0 aromatic rings. The third kappa shape index (κ3) is 8.21. The number of rotatable bonds is 6. The van der Waals surface area contributed by atoms with Gasteiger partial charge in [0.25, 0.3) is 0 Å². The van der Waals surface area contributed by atoms with E-state index in [9.17, 15) is 9.59 Å². The Bertz CT molecular complexity index is 499. The van der Waals surface area contributed by atoms with Gasteiger partial charge >= 0.3 is 6.09 Å². The van der Waals surface area contributed by atoms with Crippen molar-refractivity contribution >= 4 is 12.0 Å². The summed E-state index contributed by atoms with van der Waals surface area (Å²) in [5.74, 6) is 0.415. The molecule has 26 heavy (non-hydrogen) atoms. The molecule has 0 radical (unpaired) electrons. The number of likely N-dealkylation sites (tertiary alicyclic amines) is 1. The fourth-order valence-electron chi connectivity index (χ4n) is 3.06. The van der Waals surface area contributed by atoms with Crippen LogP contribution in [0.1, 0.15) is 47.5 Å². The number of ether oxygens (including phenoxy) is 1. The lowest BCUT2D eigenvalue weighted by Gasteiger charge is -2.41. The number of piperidine rings is 1. The Morgan fingerprint density at radius 3 is 2.23 bits per heavy atom. The number of likely N-dealkylation sites (N-methyl/N-ethyl adjacent to an activating group) is 1. The summed E-state index contributed by atoms with van der Waals surface area (Å²) in [6.45, 7) is 12.8. The van der Waals surface area contributed by atoms with Gasteiger partial charge < -0.3 is 19.9 Å². The summed E-state index contributed by atoms with van der Waals surface area (Å²) in [5, 5.41) is 3.01. The molecule has 0 aromatic heterocycles. The average molecular weight is 368 g/mol. The largest absolute Gasteiger partial charge is 0.444 e. The van der Waals surface area contributed by atoms with Gasteiger partial charge in [-0.05, 0) is 59.0 Å². The summed E-state index contributed by atoms with van der Waals surface area (Å²) in [6, 6.07) is 0. The van der Waals surface area contributed by atoms with Crippen molar-refractivity contribution in [3.63, 3.8) is 0 Å². The smallest absolute Gasteiger partial charge is 0.410 e. The molecule has 1 rings (SSSR count). The molecule has 1 aliphatic rings. The van der Waals surface area contributed by atoms with Crippen molar-refractivity contribution < 1.29 is 14.3 Å². The Kier molecular flexibility index (Phi) is 8.13. The first kappa shape index (κ1) is 22.5. The van der Waals surface area contributed by atoms with Crippen LogP contribution in [-0.4, -0.2) is 67.7 Å². The minimum Gasteiger partial charge on any atom is -0.444 e. The summed E-state index contributed by atoms with van der Waals surface area (Å²) in [5.41, 5.74) is -0.470. The number of hydrogen-bond acceptors (Lipinski definition) is 4. The lowest BCUT2D eigenvalue weighted by molar-refractivity contribution is -0.117. The minimum atomic E-state index is -0.461. The third-order valence-electron chi connectivity index (χ3n) is 4.71. The summed E-state index contributed by atoms with van der Waals surface area (Å²) >= 11 is 0. The van der Waals surface area contributed by atoms with Crippen molar-refractivity contribution in [2.24, 2.45) is 11.3 Å². The van der Waals surface area contributed by atoms with E-state index >= 15 is 0 Å². The van der Waals surface area contributed by atoms with Gasteiger partial charge in [0.05, 0.1) is 0 Å². The maximum atomic E-state index is 12.2. The first-order chi connectivity index (χ1) is 11.9. The van der Waals surface area contributed by atoms with Crippen LogP contribution in [0.3, 0.4) is 0 Å². The monoisotopic (exact) mass is 367 g/mol. The van der Waals surface area contributed by atoms with Crippen LogP contribution in [0.2, 0.25) is 0 Å². The molecule has 0 aliphatic carbocycles. The van der Waals surface area contributed by atoms with Crippen molar-refractivity contribution in [2.75, 3.05) is 40.3 Å². The molecule has 2 amide bonds. The van der Waals surface area contributed by atoms with Gasteiger partial charge in [-0.3, -0.25) is 4.79 Å². The highest BCUT2D eigenvalue weighted by atomic mass is 16.6. The predicted octanol–water partition coefficient (Wildman–Crippen LogP) is 2.89. The van der Waals surface area contributed by atoms with Crippen LogP contribution in [0.25, 0.3) is 0 Å². The zero-order chi connectivity index (χ0) is 20.0. The van der Waals surface area contributed by atoms with E-state index in [2.05, 4.69) is 19.2 Å². The van der Waals surface area contributed by atoms with Gasteiger partial charge in [-0.25, -0.2) is 4.79 Å². The molecule has 150 valence electrons. The fraction of sp³-hybridized carbons (Fsp3) is 0.800. The van der Waals surface area contributed by atoms with E-state index in [1.807, 2.05) is 45.8 Å². The van der Waals surface area contributed by atoms with Crippen molar-refractivity contribution in [3.05, 3.63) is 12.2 Å². The standard InChI is InChI=1S/C20H37N3O3/c1-19(2,3)26-18(25)23-13-10-16(11-14-23)20(4,5)15-21-17(24)9-8-12-22(6)7/h8-9,16H,10-15H2,1-7H3,(H,21,24)/b9-8+. The van der Waals surface area contributed by atoms with Crippen molar-refractivity contribution in [1.82, 2.24) is 15.1 Å². The molecule has 6 heteroatoms. The highest BCUT2D eigenvalue weighted by molar-refractivity contribution is 5.87. The number of amides is 2. The molecule has 0 unspecified atom stereocenters. The Balaban J connectivity index is 2.43. The van der Waals surface area contributed by atoms with E-state index < -0.39 is 5.60 Å². The molecule has 1 fully saturated rings. The van der Waals surface area contributed by atoms with Crippen LogP contribution in [0.15, 0.2) is 12.2 Å². The van der Waals surface area contributed by atoms with Crippen LogP contribution < -0.4 is 5.32 Å². The van der Waals surface area contributed by atoms with E-state index in [0.717, 1.165) is 19.4 Å². The number of nitrogens with one attached hydrogen (secondary N) is 1. The average Bonchev–Trinajstić information content (AvgIpc) is 2.51.